The number of likely N-dealkylation sites (N-methyl/N-ethyl adjacent to an activating group) is 1. The lowest BCUT2D eigenvalue weighted by Gasteiger charge is -2.36. The predicted molar refractivity (Wildman–Crippen MR) is 65.2 cm³/mol. The molecule has 0 amide bonds. The summed E-state index contributed by atoms with van der Waals surface area (Å²) in [6.45, 7) is 3.66. The molecule has 9 heteroatoms. The number of piperazine rings is 1. The van der Waals surface area contributed by atoms with Gasteiger partial charge in [-0.15, -0.1) is 10.2 Å². The van der Waals surface area contributed by atoms with Gasteiger partial charge in [0.15, 0.2) is 0 Å². The van der Waals surface area contributed by atoms with Crippen LogP contribution in [0.5, 0.6) is 0 Å². The molecule has 96 valence electrons. The van der Waals surface area contributed by atoms with Crippen molar-refractivity contribution in [3.05, 3.63) is 0 Å². The quantitative estimate of drug-likeness (QED) is 0.779. The van der Waals surface area contributed by atoms with Crippen LogP contribution in [0.1, 0.15) is 6.92 Å². The lowest BCUT2D eigenvalue weighted by atomic mass is 10.2. The summed E-state index contributed by atoms with van der Waals surface area (Å²) in [7, 11) is -1.54. The van der Waals surface area contributed by atoms with E-state index in [9.17, 15) is 8.42 Å². The van der Waals surface area contributed by atoms with Crippen LogP contribution in [-0.2, 0) is 10.0 Å². The maximum absolute atomic E-state index is 12.2. The molecule has 2 heterocycles. The third kappa shape index (κ3) is 2.41. The number of aromatic nitrogens is 2. The van der Waals surface area contributed by atoms with E-state index < -0.39 is 10.0 Å². The van der Waals surface area contributed by atoms with Gasteiger partial charge in [-0.2, -0.15) is 4.31 Å². The standard InChI is InChI=1S/C8H15N5O2S2/c1-6-5-13(4-3-12(6)2)17(14,15)8-11-10-7(9)16-8/h6H,3-5H2,1-2H3,(H2,9,10). The summed E-state index contributed by atoms with van der Waals surface area (Å²) in [5, 5.41) is 7.32. The Labute approximate surface area is 104 Å². The number of anilines is 1. The number of sulfonamides is 1. The van der Waals surface area contributed by atoms with E-state index in [0.29, 0.717) is 19.6 Å². The van der Waals surface area contributed by atoms with Gasteiger partial charge in [0.1, 0.15) is 0 Å². The molecule has 1 atom stereocenters. The number of nitrogens with two attached hydrogens (primary N) is 1. The first kappa shape index (κ1) is 12.7. The molecule has 1 aromatic heterocycles. The first-order chi connectivity index (χ1) is 7.91. The Kier molecular flexibility index (Phi) is 3.34. The molecule has 2 N–H and O–H groups in total. The van der Waals surface area contributed by atoms with Crippen LogP contribution in [0, 0.1) is 0 Å². The number of nitrogens with zero attached hydrogens (tertiary/aromatic N) is 4. The van der Waals surface area contributed by atoms with Crippen molar-refractivity contribution in [1.82, 2.24) is 19.4 Å². The SMILES string of the molecule is CC1CN(S(=O)(=O)c2nnc(N)s2)CCN1C. The van der Waals surface area contributed by atoms with Gasteiger partial charge in [0.25, 0.3) is 10.0 Å². The molecule has 1 unspecified atom stereocenters. The van der Waals surface area contributed by atoms with Crippen molar-refractivity contribution in [1.29, 1.82) is 0 Å². The highest BCUT2D eigenvalue weighted by molar-refractivity contribution is 7.91. The van der Waals surface area contributed by atoms with E-state index in [-0.39, 0.29) is 15.5 Å². The van der Waals surface area contributed by atoms with Crippen LogP contribution in [0.2, 0.25) is 0 Å². The van der Waals surface area contributed by atoms with Gasteiger partial charge in [-0.05, 0) is 14.0 Å². The third-order valence-corrected chi connectivity index (χ3v) is 5.87. The first-order valence-electron chi connectivity index (χ1n) is 5.20. The van der Waals surface area contributed by atoms with E-state index in [0.717, 1.165) is 11.3 Å². The second-order valence-corrected chi connectivity index (χ2v) is 7.22. The van der Waals surface area contributed by atoms with Gasteiger partial charge in [-0.3, -0.25) is 0 Å². The molecule has 17 heavy (non-hydrogen) atoms. The van der Waals surface area contributed by atoms with Gasteiger partial charge < -0.3 is 10.6 Å². The topological polar surface area (TPSA) is 92.4 Å². The summed E-state index contributed by atoms with van der Waals surface area (Å²) >= 11 is 0.903. The zero-order valence-electron chi connectivity index (χ0n) is 9.70. The molecular weight excluding hydrogens is 262 g/mol. The molecule has 1 aliphatic heterocycles. The Balaban J connectivity index is 2.22. The molecule has 0 radical (unpaired) electrons. The Morgan fingerprint density at radius 1 is 1.41 bits per heavy atom. The molecule has 1 fully saturated rings. The molecule has 0 aliphatic carbocycles. The zero-order chi connectivity index (χ0) is 12.6. The van der Waals surface area contributed by atoms with Crippen molar-refractivity contribution >= 4 is 26.5 Å². The van der Waals surface area contributed by atoms with Gasteiger partial charge in [-0.1, -0.05) is 11.3 Å². The maximum Gasteiger partial charge on any atom is 0.272 e. The third-order valence-electron chi connectivity index (χ3n) is 2.91. The highest BCUT2D eigenvalue weighted by Crippen LogP contribution is 2.23. The van der Waals surface area contributed by atoms with Crippen LogP contribution in [-0.4, -0.2) is 60.5 Å². The highest BCUT2D eigenvalue weighted by atomic mass is 32.2. The lowest BCUT2D eigenvalue weighted by molar-refractivity contribution is 0.159. The molecule has 1 saturated heterocycles. The average Bonchev–Trinajstić information content (AvgIpc) is 2.69. The molecule has 7 nitrogen and oxygen atoms in total. The molecule has 1 aliphatic rings. The lowest BCUT2D eigenvalue weighted by Crippen LogP contribution is -2.51. The molecular formula is C8H15N5O2S2. The second kappa shape index (κ2) is 4.48. The van der Waals surface area contributed by atoms with Crippen molar-refractivity contribution in [2.75, 3.05) is 32.4 Å². The fourth-order valence-electron chi connectivity index (χ4n) is 1.67. The summed E-state index contributed by atoms with van der Waals surface area (Å²) < 4.78 is 25.8. The van der Waals surface area contributed by atoms with Crippen molar-refractivity contribution in [3.8, 4) is 0 Å². The molecule has 0 bridgehead atoms. The molecule has 1 aromatic rings. The summed E-state index contributed by atoms with van der Waals surface area (Å²) in [5.41, 5.74) is 5.41. The molecule has 0 aromatic carbocycles. The predicted octanol–water partition coefficient (Wildman–Crippen LogP) is -0.555. The van der Waals surface area contributed by atoms with Crippen molar-refractivity contribution in [2.24, 2.45) is 0 Å². The molecule has 0 spiro atoms. The minimum absolute atomic E-state index is 0.0215. The van der Waals surface area contributed by atoms with Crippen LogP contribution in [0.4, 0.5) is 5.13 Å². The maximum atomic E-state index is 12.2. The van der Waals surface area contributed by atoms with Gasteiger partial charge in [0.05, 0.1) is 0 Å². The average molecular weight is 277 g/mol. The summed E-state index contributed by atoms with van der Waals surface area (Å²) in [6, 6.07) is 0.198. The summed E-state index contributed by atoms with van der Waals surface area (Å²) in [4.78, 5) is 2.13. The van der Waals surface area contributed by atoms with Crippen molar-refractivity contribution in [2.45, 2.75) is 17.3 Å². The van der Waals surface area contributed by atoms with Crippen LogP contribution in [0.25, 0.3) is 0 Å². The number of hydrogen-bond acceptors (Lipinski definition) is 7. The van der Waals surface area contributed by atoms with Gasteiger partial charge in [0.2, 0.25) is 9.47 Å². The number of rotatable bonds is 2. The van der Waals surface area contributed by atoms with Crippen molar-refractivity contribution in [3.63, 3.8) is 0 Å². The minimum Gasteiger partial charge on any atom is -0.374 e. The Bertz CT molecular complexity index is 500. The zero-order valence-corrected chi connectivity index (χ0v) is 11.3. The van der Waals surface area contributed by atoms with Crippen LogP contribution >= 0.6 is 11.3 Å². The van der Waals surface area contributed by atoms with E-state index in [1.54, 1.807) is 0 Å². The summed E-state index contributed by atoms with van der Waals surface area (Å²) in [6.07, 6.45) is 0. The fourth-order valence-corrected chi connectivity index (χ4v) is 4.10. The van der Waals surface area contributed by atoms with Crippen LogP contribution < -0.4 is 5.73 Å². The first-order valence-corrected chi connectivity index (χ1v) is 7.46. The number of nitrogen functional groups attached to an aromatic ring is 1. The fraction of sp³-hybridized carbons (Fsp3) is 0.750. The smallest absolute Gasteiger partial charge is 0.272 e. The highest BCUT2D eigenvalue weighted by Gasteiger charge is 2.33. The van der Waals surface area contributed by atoms with Crippen LogP contribution in [0.3, 0.4) is 0 Å². The van der Waals surface area contributed by atoms with E-state index in [4.69, 9.17) is 5.73 Å². The van der Waals surface area contributed by atoms with Gasteiger partial charge >= 0.3 is 0 Å². The van der Waals surface area contributed by atoms with E-state index in [1.807, 2.05) is 14.0 Å². The van der Waals surface area contributed by atoms with Gasteiger partial charge in [0, 0.05) is 25.7 Å². The van der Waals surface area contributed by atoms with Crippen LogP contribution in [0.15, 0.2) is 4.34 Å². The Morgan fingerprint density at radius 2 is 2.12 bits per heavy atom. The monoisotopic (exact) mass is 277 g/mol. The minimum atomic E-state index is -3.53. The summed E-state index contributed by atoms with van der Waals surface area (Å²) in [5.74, 6) is 0. The Morgan fingerprint density at radius 3 is 2.65 bits per heavy atom. The van der Waals surface area contributed by atoms with E-state index in [1.165, 1.54) is 4.31 Å². The van der Waals surface area contributed by atoms with Crippen molar-refractivity contribution < 1.29 is 8.42 Å². The normalized spacial score (nSPS) is 24.0. The largest absolute Gasteiger partial charge is 0.374 e. The number of hydrogen-bond donors (Lipinski definition) is 1. The molecule has 2 rings (SSSR count). The van der Waals surface area contributed by atoms with Gasteiger partial charge in [-0.25, -0.2) is 8.42 Å². The molecule has 0 saturated carbocycles. The Hall–Kier alpha value is -0.770. The van der Waals surface area contributed by atoms with E-state index >= 15 is 0 Å². The van der Waals surface area contributed by atoms with E-state index in [2.05, 4.69) is 15.1 Å². The second-order valence-electron chi connectivity index (χ2n) is 4.10.